The zero-order valence-electron chi connectivity index (χ0n) is 16.9. The van der Waals surface area contributed by atoms with E-state index in [-0.39, 0.29) is 18.4 Å². The molecule has 3 aromatic heterocycles. The molecule has 3 aromatic rings. The molecule has 2 N–H and O–H groups in total. The van der Waals surface area contributed by atoms with Crippen molar-refractivity contribution in [1.82, 2.24) is 25.2 Å². The SMILES string of the molecule is O=C(CN1C(=O)NC2(CCC(F)(F)CC2)C1=O)c1ccc(-c2ccnc3[nH]ccc23)nc1. The summed E-state index contributed by atoms with van der Waals surface area (Å²) in [5.74, 6) is -3.93. The second-order valence-corrected chi connectivity index (χ2v) is 8.21. The van der Waals surface area contributed by atoms with E-state index >= 15 is 0 Å². The van der Waals surface area contributed by atoms with E-state index in [9.17, 15) is 23.2 Å². The minimum absolute atomic E-state index is 0.148. The van der Waals surface area contributed by atoms with E-state index in [1.54, 1.807) is 24.5 Å². The first-order valence-electron chi connectivity index (χ1n) is 10.2. The smallest absolute Gasteiger partial charge is 0.325 e. The number of aromatic nitrogens is 3. The van der Waals surface area contributed by atoms with Crippen LogP contribution in [0.2, 0.25) is 0 Å². The quantitative estimate of drug-likeness (QED) is 0.479. The Morgan fingerprint density at radius 3 is 2.56 bits per heavy atom. The summed E-state index contributed by atoms with van der Waals surface area (Å²) in [7, 11) is 0. The molecule has 1 saturated carbocycles. The number of H-pyrrole nitrogens is 1. The fourth-order valence-electron chi connectivity index (χ4n) is 4.34. The molecule has 1 saturated heterocycles. The van der Waals surface area contributed by atoms with Crippen molar-refractivity contribution >= 4 is 28.8 Å². The maximum absolute atomic E-state index is 13.5. The van der Waals surface area contributed by atoms with Gasteiger partial charge in [0.1, 0.15) is 11.2 Å². The van der Waals surface area contributed by atoms with Gasteiger partial charge in [-0.3, -0.25) is 19.5 Å². The first-order chi connectivity index (χ1) is 15.3. The first-order valence-corrected chi connectivity index (χ1v) is 10.2. The van der Waals surface area contributed by atoms with E-state index in [0.29, 0.717) is 5.69 Å². The van der Waals surface area contributed by atoms with Crippen molar-refractivity contribution in [2.75, 3.05) is 6.54 Å². The van der Waals surface area contributed by atoms with Crippen LogP contribution in [0.4, 0.5) is 13.6 Å². The summed E-state index contributed by atoms with van der Waals surface area (Å²) in [4.78, 5) is 50.4. The van der Waals surface area contributed by atoms with Crippen LogP contribution in [0.15, 0.2) is 42.9 Å². The predicted molar refractivity (Wildman–Crippen MR) is 110 cm³/mol. The topological polar surface area (TPSA) is 108 Å². The van der Waals surface area contributed by atoms with Gasteiger partial charge in [-0.05, 0) is 37.1 Å². The van der Waals surface area contributed by atoms with Crippen LogP contribution in [-0.2, 0) is 4.79 Å². The highest BCUT2D eigenvalue weighted by Gasteiger charge is 2.55. The largest absolute Gasteiger partial charge is 0.346 e. The number of halogens is 2. The third-order valence-corrected chi connectivity index (χ3v) is 6.20. The van der Waals surface area contributed by atoms with Crippen molar-refractivity contribution in [3.63, 3.8) is 0 Å². The summed E-state index contributed by atoms with van der Waals surface area (Å²) >= 11 is 0. The van der Waals surface area contributed by atoms with Gasteiger partial charge in [0.05, 0.1) is 12.2 Å². The van der Waals surface area contributed by atoms with Gasteiger partial charge < -0.3 is 10.3 Å². The number of hydrogen-bond acceptors (Lipinski definition) is 5. The molecule has 4 heterocycles. The number of rotatable bonds is 4. The lowest BCUT2D eigenvalue weighted by atomic mass is 9.80. The van der Waals surface area contributed by atoms with Crippen LogP contribution in [-0.4, -0.2) is 55.6 Å². The number of ketones is 1. The zero-order valence-corrected chi connectivity index (χ0v) is 16.9. The predicted octanol–water partition coefficient (Wildman–Crippen LogP) is 3.31. The van der Waals surface area contributed by atoms with Crippen molar-refractivity contribution in [1.29, 1.82) is 0 Å². The van der Waals surface area contributed by atoms with E-state index < -0.39 is 48.6 Å². The lowest BCUT2D eigenvalue weighted by Crippen LogP contribution is -2.51. The first kappa shape index (κ1) is 20.2. The molecule has 2 aliphatic rings. The number of alkyl halides is 2. The number of aromatic amines is 1. The van der Waals surface area contributed by atoms with E-state index in [4.69, 9.17) is 0 Å². The van der Waals surface area contributed by atoms with Crippen molar-refractivity contribution in [3.05, 3.63) is 48.4 Å². The lowest BCUT2D eigenvalue weighted by molar-refractivity contribution is -0.135. The summed E-state index contributed by atoms with van der Waals surface area (Å²) in [6.45, 7) is -0.471. The second-order valence-electron chi connectivity index (χ2n) is 8.21. The number of nitrogens with one attached hydrogen (secondary N) is 2. The molecule has 164 valence electrons. The highest BCUT2D eigenvalue weighted by atomic mass is 19.3. The molecule has 0 bridgehead atoms. The summed E-state index contributed by atoms with van der Waals surface area (Å²) in [5.41, 5.74) is 1.11. The molecule has 1 aliphatic carbocycles. The van der Waals surface area contributed by atoms with Crippen LogP contribution in [0.3, 0.4) is 0 Å². The molecule has 0 atom stereocenters. The average molecular weight is 439 g/mol. The highest BCUT2D eigenvalue weighted by molar-refractivity contribution is 6.11. The zero-order chi connectivity index (χ0) is 22.5. The normalized spacial score (nSPS) is 19.5. The Kier molecular flexibility index (Phi) is 4.54. The van der Waals surface area contributed by atoms with Crippen LogP contribution >= 0.6 is 0 Å². The minimum Gasteiger partial charge on any atom is -0.346 e. The number of pyridine rings is 2. The van der Waals surface area contributed by atoms with Gasteiger partial charge in [0.2, 0.25) is 5.92 Å². The van der Waals surface area contributed by atoms with Gasteiger partial charge >= 0.3 is 6.03 Å². The van der Waals surface area contributed by atoms with E-state index in [1.807, 2.05) is 12.1 Å². The molecule has 32 heavy (non-hydrogen) atoms. The number of carbonyl (C=O) groups is 3. The molecule has 10 heteroatoms. The van der Waals surface area contributed by atoms with Gasteiger partial charge in [0.15, 0.2) is 5.78 Å². The number of Topliss-reactive ketones (excluding diaryl/α,β-unsaturated/α-hetero) is 1. The van der Waals surface area contributed by atoms with Crippen molar-refractivity contribution in [3.8, 4) is 11.3 Å². The second kappa shape index (κ2) is 7.18. The molecular weight excluding hydrogens is 420 g/mol. The standard InChI is InChI=1S/C22H19F2N5O3/c23-22(24)7-5-21(6-8-22)19(31)29(20(32)28-21)12-17(30)13-1-2-16(27-11-13)14-3-9-25-18-15(14)4-10-26-18/h1-4,9-11H,5-8,12H2,(H,25,26)(H,28,32). The summed E-state index contributed by atoms with van der Waals surface area (Å²) in [6.07, 6.45) is 3.58. The third kappa shape index (κ3) is 3.31. The number of fused-ring (bicyclic) bond motifs is 1. The Morgan fingerprint density at radius 2 is 1.84 bits per heavy atom. The van der Waals surface area contributed by atoms with Crippen molar-refractivity contribution in [2.24, 2.45) is 0 Å². The van der Waals surface area contributed by atoms with Crippen LogP contribution in [0.5, 0.6) is 0 Å². The molecule has 2 fully saturated rings. The van der Waals surface area contributed by atoms with Gasteiger partial charge in [0.25, 0.3) is 5.91 Å². The molecule has 3 amide bonds. The summed E-state index contributed by atoms with van der Waals surface area (Å²) < 4.78 is 27.0. The fraction of sp³-hybridized carbons (Fsp3) is 0.318. The lowest BCUT2D eigenvalue weighted by Gasteiger charge is -2.34. The Labute approximate surface area is 181 Å². The van der Waals surface area contributed by atoms with Gasteiger partial charge in [-0.25, -0.2) is 18.6 Å². The maximum atomic E-state index is 13.5. The Hall–Kier alpha value is -3.69. The van der Waals surface area contributed by atoms with Crippen LogP contribution in [0.1, 0.15) is 36.0 Å². The van der Waals surface area contributed by atoms with Gasteiger partial charge in [-0.1, -0.05) is 0 Å². The van der Waals surface area contributed by atoms with Crippen molar-refractivity contribution < 1.29 is 23.2 Å². The third-order valence-electron chi connectivity index (χ3n) is 6.20. The number of carbonyl (C=O) groups excluding carboxylic acids is 3. The van der Waals surface area contributed by atoms with Gasteiger partial charge in [0, 0.05) is 47.9 Å². The van der Waals surface area contributed by atoms with Crippen LogP contribution < -0.4 is 5.32 Å². The Balaban J connectivity index is 1.32. The molecule has 0 aromatic carbocycles. The van der Waals surface area contributed by atoms with Crippen LogP contribution in [0, 0.1) is 0 Å². The highest BCUT2D eigenvalue weighted by Crippen LogP contribution is 2.41. The van der Waals surface area contributed by atoms with Gasteiger partial charge in [-0.2, -0.15) is 0 Å². The Morgan fingerprint density at radius 1 is 1.06 bits per heavy atom. The molecule has 0 unspecified atom stereocenters. The number of amides is 3. The molecule has 1 spiro atoms. The van der Waals surface area contributed by atoms with Gasteiger partial charge in [-0.15, -0.1) is 0 Å². The number of imide groups is 1. The fourth-order valence-corrected chi connectivity index (χ4v) is 4.34. The van der Waals surface area contributed by atoms with Crippen molar-refractivity contribution in [2.45, 2.75) is 37.1 Å². The van der Waals surface area contributed by atoms with E-state index in [1.165, 1.54) is 6.20 Å². The maximum Gasteiger partial charge on any atom is 0.325 e. The summed E-state index contributed by atoms with van der Waals surface area (Å²) in [5, 5.41) is 3.43. The summed E-state index contributed by atoms with van der Waals surface area (Å²) in [6, 6.07) is 6.24. The van der Waals surface area contributed by atoms with Crippen LogP contribution in [0.25, 0.3) is 22.3 Å². The molecule has 1 aliphatic heterocycles. The van der Waals surface area contributed by atoms with E-state index in [0.717, 1.165) is 21.5 Å². The number of nitrogens with zero attached hydrogens (tertiary/aromatic N) is 3. The molecule has 0 radical (unpaired) electrons. The average Bonchev–Trinajstić information content (AvgIpc) is 3.35. The number of hydrogen-bond donors (Lipinski definition) is 2. The minimum atomic E-state index is -2.84. The molecular formula is C22H19F2N5O3. The number of urea groups is 1. The monoisotopic (exact) mass is 439 g/mol. The molecule has 8 nitrogen and oxygen atoms in total. The Bertz CT molecular complexity index is 1230. The van der Waals surface area contributed by atoms with E-state index in [2.05, 4.69) is 20.3 Å². The molecule has 5 rings (SSSR count).